The summed E-state index contributed by atoms with van der Waals surface area (Å²) in [5, 5.41) is 5.91. The number of amides is 1. The molecule has 5 fully saturated rings. The summed E-state index contributed by atoms with van der Waals surface area (Å²) in [5.41, 5.74) is 3.34. The molecule has 4 saturated heterocycles. The minimum Gasteiger partial charge on any atom is -0.368 e. The number of alkyl halides is 4. The van der Waals surface area contributed by atoms with Crippen LogP contribution < -0.4 is 10.7 Å². The fraction of sp³-hybridized carbons (Fsp3) is 0.958. The maximum absolute atomic E-state index is 14.2. The van der Waals surface area contributed by atoms with Crippen LogP contribution >= 0.6 is 11.6 Å². The molecule has 0 bridgehead atoms. The molecule has 5 aliphatic rings. The van der Waals surface area contributed by atoms with Crippen LogP contribution in [-0.4, -0.2) is 95.6 Å². The summed E-state index contributed by atoms with van der Waals surface area (Å²) in [6.07, 6.45) is 2.73. The summed E-state index contributed by atoms with van der Waals surface area (Å²) < 4.78 is 48.2. The Morgan fingerprint density at radius 3 is 2.54 bits per heavy atom. The molecule has 1 amide bonds. The first-order valence-electron chi connectivity index (χ1n) is 13.4. The number of nitrogens with one attached hydrogen (secondary N) is 2. The van der Waals surface area contributed by atoms with E-state index in [0.29, 0.717) is 38.0 Å². The van der Waals surface area contributed by atoms with Crippen molar-refractivity contribution in [2.24, 2.45) is 5.92 Å². The molecule has 0 spiro atoms. The average molecular weight is 522 g/mol. The van der Waals surface area contributed by atoms with E-state index in [2.05, 4.69) is 20.7 Å². The highest BCUT2D eigenvalue weighted by Crippen LogP contribution is 2.41. The van der Waals surface area contributed by atoms with Crippen LogP contribution in [0.5, 0.6) is 0 Å². The lowest BCUT2D eigenvalue weighted by atomic mass is 9.78. The summed E-state index contributed by atoms with van der Waals surface area (Å²) in [6, 6.07) is -0.758. The van der Waals surface area contributed by atoms with E-state index < -0.39 is 30.1 Å². The van der Waals surface area contributed by atoms with Crippen LogP contribution in [0.15, 0.2) is 0 Å². The highest BCUT2D eigenvalue weighted by Gasteiger charge is 2.52. The molecule has 6 atom stereocenters. The van der Waals surface area contributed by atoms with Gasteiger partial charge >= 0.3 is 6.18 Å². The van der Waals surface area contributed by atoms with Gasteiger partial charge in [-0.25, -0.2) is 10.4 Å². The van der Waals surface area contributed by atoms with Crippen molar-refractivity contribution in [3.8, 4) is 0 Å². The Morgan fingerprint density at radius 2 is 1.86 bits per heavy atom. The molecule has 200 valence electrons. The standard InChI is InChI=1S/C24H39ClF3N5O2/c1-31(23(34)19-6-2-3-12-35-19)22(24(26,27)28)15-7-9-16(10-8-15)32-11-4-5-17-18(32)14-29-21-13-20(25)30-33(17)21/h15-22,29-30H,2-14H2,1H3/t15?,16?,17?,18?,19?,20?,21?,22-/m0/s1. The molecule has 0 aromatic rings. The van der Waals surface area contributed by atoms with Crippen LogP contribution in [-0.2, 0) is 9.53 Å². The molecule has 0 radical (unpaired) electrons. The van der Waals surface area contributed by atoms with Crippen molar-refractivity contribution in [3.05, 3.63) is 0 Å². The Morgan fingerprint density at radius 1 is 1.09 bits per heavy atom. The quantitative estimate of drug-likeness (QED) is 0.438. The molecule has 35 heavy (non-hydrogen) atoms. The van der Waals surface area contributed by atoms with Gasteiger partial charge in [-0.05, 0) is 70.3 Å². The predicted molar refractivity (Wildman–Crippen MR) is 126 cm³/mol. The second kappa shape index (κ2) is 10.6. The lowest BCUT2D eigenvalue weighted by Crippen LogP contribution is -2.70. The zero-order valence-corrected chi connectivity index (χ0v) is 21.2. The first kappa shape index (κ1) is 26.0. The van der Waals surface area contributed by atoms with E-state index in [-0.39, 0.29) is 17.7 Å². The molecule has 0 aromatic carbocycles. The highest BCUT2D eigenvalue weighted by molar-refractivity contribution is 6.20. The normalized spacial score (nSPS) is 40.1. The van der Waals surface area contributed by atoms with Crippen LogP contribution in [0, 0.1) is 5.92 Å². The molecule has 11 heteroatoms. The Balaban J connectivity index is 1.22. The van der Waals surface area contributed by atoms with Crippen LogP contribution in [0.4, 0.5) is 13.2 Å². The molecule has 5 rings (SSSR count). The van der Waals surface area contributed by atoms with Crippen molar-refractivity contribution in [1.29, 1.82) is 0 Å². The number of likely N-dealkylation sites (tertiary alicyclic amines) is 1. The summed E-state index contributed by atoms with van der Waals surface area (Å²) >= 11 is 6.35. The topological polar surface area (TPSA) is 60.1 Å². The van der Waals surface area contributed by atoms with Gasteiger partial charge in [0.1, 0.15) is 12.1 Å². The van der Waals surface area contributed by atoms with Gasteiger partial charge in [0, 0.05) is 44.7 Å². The molecule has 4 aliphatic heterocycles. The number of likely N-dealkylation sites (N-methyl/N-ethyl adjacent to an activating group) is 1. The number of piperidine rings is 1. The molecule has 4 heterocycles. The molecule has 2 N–H and O–H groups in total. The Labute approximate surface area is 211 Å². The van der Waals surface area contributed by atoms with Crippen molar-refractivity contribution in [3.63, 3.8) is 0 Å². The summed E-state index contributed by atoms with van der Waals surface area (Å²) in [6.45, 7) is 2.32. The Hall–Kier alpha value is -0.650. The second-order valence-electron chi connectivity index (χ2n) is 11.0. The van der Waals surface area contributed by atoms with E-state index in [0.717, 1.165) is 62.9 Å². The van der Waals surface area contributed by atoms with Gasteiger partial charge in [0.2, 0.25) is 0 Å². The first-order valence-corrected chi connectivity index (χ1v) is 13.8. The predicted octanol–water partition coefficient (Wildman–Crippen LogP) is 3.04. The van der Waals surface area contributed by atoms with Crippen molar-refractivity contribution in [2.45, 2.75) is 112 Å². The molecule has 1 aliphatic carbocycles. The highest BCUT2D eigenvalue weighted by atomic mass is 35.5. The van der Waals surface area contributed by atoms with Gasteiger partial charge in [-0.3, -0.25) is 15.0 Å². The molecule has 1 saturated carbocycles. The lowest BCUT2D eigenvalue weighted by Gasteiger charge is -2.53. The number of ether oxygens (including phenoxy) is 1. The number of hydrazine groups is 1. The first-order chi connectivity index (χ1) is 16.7. The van der Waals surface area contributed by atoms with Crippen molar-refractivity contribution >= 4 is 17.5 Å². The number of fused-ring (bicyclic) bond motifs is 3. The molecule has 0 aromatic heterocycles. The fourth-order valence-electron chi connectivity index (χ4n) is 7.32. The van der Waals surface area contributed by atoms with Gasteiger partial charge in [0.25, 0.3) is 5.91 Å². The smallest absolute Gasteiger partial charge is 0.368 e. The van der Waals surface area contributed by atoms with E-state index in [4.69, 9.17) is 16.3 Å². The van der Waals surface area contributed by atoms with Gasteiger partial charge in [-0.1, -0.05) is 0 Å². The van der Waals surface area contributed by atoms with Gasteiger partial charge in [0.15, 0.2) is 0 Å². The summed E-state index contributed by atoms with van der Waals surface area (Å²) in [5.74, 6) is -1.10. The fourth-order valence-corrected chi connectivity index (χ4v) is 7.61. The van der Waals surface area contributed by atoms with Gasteiger partial charge in [0.05, 0.1) is 11.7 Å². The van der Waals surface area contributed by atoms with Crippen molar-refractivity contribution in [2.75, 3.05) is 26.7 Å². The van der Waals surface area contributed by atoms with E-state index in [9.17, 15) is 18.0 Å². The number of carbonyl (C=O) groups is 1. The van der Waals surface area contributed by atoms with Gasteiger partial charge in [-0.2, -0.15) is 13.2 Å². The SMILES string of the molecule is CN(C(=O)C1CCCCO1)[C@@H](C1CCC(N2CCCC3C2CNC2CC(Cl)NN23)CC1)C(F)(F)F. The minimum absolute atomic E-state index is 0.0601. The number of halogens is 4. The van der Waals surface area contributed by atoms with Crippen LogP contribution in [0.3, 0.4) is 0 Å². The maximum atomic E-state index is 14.2. The molecule has 7 nitrogen and oxygen atoms in total. The monoisotopic (exact) mass is 521 g/mol. The van der Waals surface area contributed by atoms with E-state index in [1.54, 1.807) is 0 Å². The summed E-state index contributed by atoms with van der Waals surface area (Å²) in [7, 11) is 1.32. The van der Waals surface area contributed by atoms with Crippen LogP contribution in [0.25, 0.3) is 0 Å². The zero-order chi connectivity index (χ0) is 24.7. The average Bonchev–Trinajstić information content (AvgIpc) is 3.24. The van der Waals surface area contributed by atoms with E-state index >= 15 is 0 Å². The van der Waals surface area contributed by atoms with Gasteiger partial charge in [-0.15, -0.1) is 11.6 Å². The second-order valence-corrected chi connectivity index (χ2v) is 11.6. The van der Waals surface area contributed by atoms with Gasteiger partial charge < -0.3 is 9.64 Å². The van der Waals surface area contributed by atoms with Crippen LogP contribution in [0.1, 0.15) is 64.2 Å². The van der Waals surface area contributed by atoms with Crippen LogP contribution in [0.2, 0.25) is 0 Å². The summed E-state index contributed by atoms with van der Waals surface area (Å²) in [4.78, 5) is 16.4. The number of carbonyl (C=O) groups excluding carboxylic acids is 1. The van der Waals surface area contributed by atoms with Crippen molar-refractivity contribution < 1.29 is 22.7 Å². The maximum Gasteiger partial charge on any atom is 0.409 e. The largest absolute Gasteiger partial charge is 0.409 e. The number of hydrogen-bond donors (Lipinski definition) is 2. The van der Waals surface area contributed by atoms with Crippen molar-refractivity contribution in [1.82, 2.24) is 25.6 Å². The Kier molecular flexibility index (Phi) is 7.88. The lowest BCUT2D eigenvalue weighted by molar-refractivity contribution is -0.206. The third kappa shape index (κ3) is 5.34. The zero-order valence-electron chi connectivity index (χ0n) is 20.5. The van der Waals surface area contributed by atoms with E-state index in [1.807, 2.05) is 0 Å². The Bertz CT molecular complexity index is 747. The number of hydrogen-bond acceptors (Lipinski definition) is 6. The molecular formula is C24H39ClF3N5O2. The molecule has 5 unspecified atom stereocenters. The third-order valence-electron chi connectivity index (χ3n) is 8.97. The third-order valence-corrected chi connectivity index (χ3v) is 9.25. The minimum atomic E-state index is -4.45. The molecular weight excluding hydrogens is 483 g/mol. The van der Waals surface area contributed by atoms with E-state index in [1.165, 1.54) is 7.05 Å². The number of rotatable bonds is 4. The number of nitrogens with zero attached hydrogens (tertiary/aromatic N) is 3.